The number of hydrogen-bond acceptors (Lipinski definition) is 7. The lowest BCUT2D eigenvalue weighted by Crippen LogP contribution is -2.65. The van der Waals surface area contributed by atoms with Gasteiger partial charge in [0.15, 0.2) is 0 Å². The fraction of sp³-hybridized carbons (Fsp3) is 0.952. The highest BCUT2D eigenvalue weighted by Gasteiger charge is 2.48. The van der Waals surface area contributed by atoms with Crippen LogP contribution in [0, 0.1) is 5.92 Å². The number of ether oxygens (including phenoxy) is 1. The molecule has 9 atom stereocenters. The number of carbonyl (C=O) groups is 1. The van der Waals surface area contributed by atoms with Crippen molar-refractivity contribution < 1.29 is 24.9 Å². The highest BCUT2D eigenvalue weighted by Crippen LogP contribution is 2.30. The van der Waals surface area contributed by atoms with E-state index in [2.05, 4.69) is 17.6 Å². The van der Waals surface area contributed by atoms with E-state index in [9.17, 15) is 20.1 Å². The van der Waals surface area contributed by atoms with Crippen molar-refractivity contribution >= 4 is 29.3 Å². The Hall–Kier alpha value is -0.0900. The van der Waals surface area contributed by atoms with Crippen molar-refractivity contribution in [2.24, 2.45) is 5.92 Å². The van der Waals surface area contributed by atoms with Crippen LogP contribution in [0.2, 0.25) is 0 Å². The second-order valence-electron chi connectivity index (χ2n) is 8.62. The first-order chi connectivity index (χ1) is 14.3. The number of hydrogen-bond donors (Lipinski definition) is 5. The molecule has 30 heavy (non-hydrogen) atoms. The molecular formula is C21H39ClN2O5S. The van der Waals surface area contributed by atoms with Crippen LogP contribution in [-0.4, -0.2) is 81.3 Å². The van der Waals surface area contributed by atoms with Gasteiger partial charge in [-0.3, -0.25) is 4.79 Å². The van der Waals surface area contributed by atoms with Crippen LogP contribution in [0.1, 0.15) is 58.8 Å². The van der Waals surface area contributed by atoms with Gasteiger partial charge in [-0.1, -0.05) is 32.6 Å². The number of unbranched alkanes of at least 4 members (excludes halogenated alkanes) is 2. The highest BCUT2D eigenvalue weighted by atomic mass is 35.5. The van der Waals surface area contributed by atoms with Crippen LogP contribution in [0.25, 0.3) is 0 Å². The smallest absolute Gasteiger partial charge is 0.237 e. The first-order valence-electron chi connectivity index (χ1n) is 11.2. The summed E-state index contributed by atoms with van der Waals surface area (Å²) >= 11 is 7.59. The predicted molar refractivity (Wildman–Crippen MR) is 121 cm³/mol. The number of nitrogens with one attached hydrogen (secondary N) is 2. The largest absolute Gasteiger partial charge is 0.388 e. The van der Waals surface area contributed by atoms with Gasteiger partial charge in [0, 0.05) is 0 Å². The molecule has 1 amide bonds. The Morgan fingerprint density at radius 1 is 1.20 bits per heavy atom. The van der Waals surface area contributed by atoms with Gasteiger partial charge in [-0.2, -0.15) is 0 Å². The van der Waals surface area contributed by atoms with Crippen molar-refractivity contribution in [2.75, 3.05) is 12.8 Å². The number of amides is 1. The van der Waals surface area contributed by atoms with Crippen LogP contribution in [0.5, 0.6) is 0 Å². The fourth-order valence-corrected chi connectivity index (χ4v) is 5.28. The van der Waals surface area contributed by atoms with Crippen LogP contribution in [0.3, 0.4) is 0 Å². The van der Waals surface area contributed by atoms with E-state index in [0.717, 1.165) is 25.8 Å². The van der Waals surface area contributed by atoms with Gasteiger partial charge in [-0.15, -0.1) is 23.4 Å². The lowest BCUT2D eigenvalue weighted by atomic mass is 9.92. The zero-order valence-electron chi connectivity index (χ0n) is 18.3. The summed E-state index contributed by atoms with van der Waals surface area (Å²) < 4.78 is 5.82. The van der Waals surface area contributed by atoms with Crippen molar-refractivity contribution in [3.05, 3.63) is 0 Å². The predicted octanol–water partition coefficient (Wildman–Crippen LogP) is 1.61. The van der Waals surface area contributed by atoms with E-state index >= 15 is 0 Å². The van der Waals surface area contributed by atoms with Gasteiger partial charge in [0.05, 0.1) is 17.5 Å². The Morgan fingerprint density at radius 3 is 2.57 bits per heavy atom. The summed E-state index contributed by atoms with van der Waals surface area (Å²) in [5.74, 6) is 0.478. The average Bonchev–Trinajstić information content (AvgIpc) is 2.97. The minimum absolute atomic E-state index is 0.168. The topological polar surface area (TPSA) is 111 Å². The quantitative estimate of drug-likeness (QED) is 0.259. The summed E-state index contributed by atoms with van der Waals surface area (Å²) in [6, 6.07) is -1.01. The molecule has 0 aromatic rings. The third-order valence-corrected chi connectivity index (χ3v) is 7.46. The number of alkyl halides is 1. The maximum Gasteiger partial charge on any atom is 0.237 e. The summed E-state index contributed by atoms with van der Waals surface area (Å²) in [6.45, 7) is 4.73. The van der Waals surface area contributed by atoms with Gasteiger partial charge < -0.3 is 30.7 Å². The number of aliphatic hydroxyl groups excluding tert-OH is 3. The number of aliphatic hydroxyl groups is 3. The molecule has 2 aliphatic heterocycles. The molecule has 9 heteroatoms. The minimum Gasteiger partial charge on any atom is -0.388 e. The van der Waals surface area contributed by atoms with Crippen LogP contribution in [0.4, 0.5) is 0 Å². The maximum atomic E-state index is 13.0. The first kappa shape index (κ1) is 26.2. The second kappa shape index (κ2) is 12.8. The number of halogens is 1. The van der Waals surface area contributed by atoms with E-state index in [-0.39, 0.29) is 11.9 Å². The molecule has 5 N–H and O–H groups in total. The molecule has 0 aromatic heterocycles. The Kier molecular flexibility index (Phi) is 11.2. The standard InChI is InChI=1S/C21H39ClN2O5S/c1-4-5-6-7-13-8-9-14(23-11-10-13)20(28)24-15(12(2)22)19-17(26)16(25)18(27)21(29-19)30-3/h12-19,21,23,25-27H,4-11H2,1-3H3,(H,24,28)/t12-,13-,14-,15+,16-,17+,18+,19+,21+/m0/s1. The summed E-state index contributed by atoms with van der Waals surface area (Å²) in [7, 11) is 0. The second-order valence-corrected chi connectivity index (χ2v) is 10.2. The van der Waals surface area contributed by atoms with Gasteiger partial charge in [0.25, 0.3) is 0 Å². The number of carbonyl (C=O) groups excluding carboxylic acids is 1. The third-order valence-electron chi connectivity index (χ3n) is 6.34. The normalized spacial score (nSPS) is 37.2. The molecule has 0 aliphatic carbocycles. The van der Waals surface area contributed by atoms with E-state index in [1.54, 1.807) is 13.2 Å². The number of rotatable bonds is 9. The molecule has 0 bridgehead atoms. The van der Waals surface area contributed by atoms with Crippen LogP contribution in [-0.2, 0) is 9.53 Å². The van der Waals surface area contributed by atoms with Gasteiger partial charge >= 0.3 is 0 Å². The van der Waals surface area contributed by atoms with Gasteiger partial charge in [-0.05, 0) is 44.9 Å². The van der Waals surface area contributed by atoms with E-state index in [1.165, 1.54) is 37.4 Å². The van der Waals surface area contributed by atoms with Crippen molar-refractivity contribution in [1.29, 1.82) is 0 Å². The Bertz CT molecular complexity index is 528. The van der Waals surface area contributed by atoms with Gasteiger partial charge in [0.2, 0.25) is 5.91 Å². The van der Waals surface area contributed by atoms with E-state index < -0.39 is 41.3 Å². The van der Waals surface area contributed by atoms with E-state index in [0.29, 0.717) is 5.92 Å². The first-order valence-corrected chi connectivity index (χ1v) is 12.9. The lowest BCUT2D eigenvalue weighted by Gasteiger charge is -2.44. The minimum atomic E-state index is -1.36. The van der Waals surface area contributed by atoms with Crippen molar-refractivity contribution in [2.45, 2.75) is 106 Å². The SMILES string of the molecule is CCCCC[C@@H]1CCN[C@H](C(=O)N[C@@H]([C@H]2O[C@H](SC)[C@H](O)[C@@H](O)[C@H]2O)[C@H](C)Cl)CC1. The van der Waals surface area contributed by atoms with E-state index in [1.807, 2.05) is 0 Å². The van der Waals surface area contributed by atoms with Crippen LogP contribution < -0.4 is 10.6 Å². The molecule has 2 aliphatic rings. The molecular weight excluding hydrogens is 428 g/mol. The molecule has 2 rings (SSSR count). The van der Waals surface area contributed by atoms with Crippen molar-refractivity contribution in [1.82, 2.24) is 10.6 Å². The molecule has 0 radical (unpaired) electrons. The van der Waals surface area contributed by atoms with Crippen molar-refractivity contribution in [3.63, 3.8) is 0 Å². The molecule has 0 saturated carbocycles. The molecule has 0 aromatic carbocycles. The molecule has 0 spiro atoms. The molecule has 7 nitrogen and oxygen atoms in total. The summed E-state index contributed by atoms with van der Waals surface area (Å²) in [5, 5.41) is 36.5. The fourth-order valence-electron chi connectivity index (χ4n) is 4.39. The maximum absolute atomic E-state index is 13.0. The molecule has 2 fully saturated rings. The molecule has 0 unspecified atom stereocenters. The van der Waals surface area contributed by atoms with E-state index in [4.69, 9.17) is 16.3 Å². The zero-order chi connectivity index (χ0) is 22.3. The Labute approximate surface area is 189 Å². The summed E-state index contributed by atoms with van der Waals surface area (Å²) in [6.07, 6.45) is 4.69. The highest BCUT2D eigenvalue weighted by molar-refractivity contribution is 7.99. The Morgan fingerprint density at radius 2 is 1.93 bits per heavy atom. The third kappa shape index (κ3) is 6.95. The van der Waals surface area contributed by atoms with Crippen LogP contribution >= 0.6 is 23.4 Å². The molecule has 2 heterocycles. The average molecular weight is 467 g/mol. The van der Waals surface area contributed by atoms with Crippen LogP contribution in [0.15, 0.2) is 0 Å². The molecule has 2 saturated heterocycles. The van der Waals surface area contributed by atoms with Gasteiger partial charge in [-0.25, -0.2) is 0 Å². The van der Waals surface area contributed by atoms with Crippen molar-refractivity contribution in [3.8, 4) is 0 Å². The zero-order valence-corrected chi connectivity index (χ0v) is 19.9. The summed E-state index contributed by atoms with van der Waals surface area (Å²) in [5.41, 5.74) is -0.705. The number of thioether (sulfide) groups is 1. The molecule has 176 valence electrons. The summed E-state index contributed by atoms with van der Waals surface area (Å²) in [4.78, 5) is 13.0. The van der Waals surface area contributed by atoms with Gasteiger partial charge in [0.1, 0.15) is 29.9 Å². The Balaban J connectivity index is 1.98. The monoisotopic (exact) mass is 466 g/mol. The lowest BCUT2D eigenvalue weighted by molar-refractivity contribution is -0.205.